The van der Waals surface area contributed by atoms with E-state index in [1.54, 1.807) is 0 Å². The Balaban J connectivity index is 0.00000169. The second-order valence-corrected chi connectivity index (χ2v) is 6.42. The van der Waals surface area contributed by atoms with Crippen LogP contribution in [0, 0.1) is 5.92 Å². The lowest BCUT2D eigenvalue weighted by Gasteiger charge is -2.14. The number of halogens is 1. The molecule has 1 fully saturated rings. The van der Waals surface area contributed by atoms with Crippen molar-refractivity contribution in [2.45, 2.75) is 31.7 Å². The number of anilines is 1. The van der Waals surface area contributed by atoms with Crippen molar-refractivity contribution in [3.05, 3.63) is 42.5 Å². The minimum atomic E-state index is 0. The van der Waals surface area contributed by atoms with Gasteiger partial charge in [0.05, 0.1) is 0 Å². The van der Waals surface area contributed by atoms with Crippen molar-refractivity contribution in [2.24, 2.45) is 11.7 Å². The molecule has 126 valence electrons. The van der Waals surface area contributed by atoms with Crippen molar-refractivity contribution >= 4 is 45.9 Å². The lowest BCUT2D eigenvalue weighted by atomic mass is 10.00. The second kappa shape index (κ2) is 6.83. The predicted molar refractivity (Wildman–Crippen MR) is 99.5 cm³/mol. The topological polar surface area (TPSA) is 68.3 Å². The maximum absolute atomic E-state index is 12.2. The van der Waals surface area contributed by atoms with Crippen LogP contribution >= 0.6 is 12.4 Å². The SMILES string of the molecule is Cl.N[C@@H]1CCC[C@H]1CC(=O)Nc1ccc2c(c1)oc1ccccc12. The summed E-state index contributed by atoms with van der Waals surface area (Å²) in [7, 11) is 0. The highest BCUT2D eigenvalue weighted by molar-refractivity contribution is 6.06. The molecule has 1 aliphatic rings. The third-order valence-electron chi connectivity index (χ3n) is 4.83. The maximum atomic E-state index is 12.2. The standard InChI is InChI=1S/C19H20N2O2.ClH/c20-16-6-3-4-12(16)10-19(22)21-13-8-9-15-14-5-1-2-7-17(14)23-18(15)11-13;/h1-2,5,7-9,11-12,16H,3-4,6,10,20H2,(H,21,22);1H/t12-,16+;/m0./s1. The minimum Gasteiger partial charge on any atom is -0.456 e. The lowest BCUT2D eigenvalue weighted by molar-refractivity contribution is -0.117. The zero-order valence-electron chi connectivity index (χ0n) is 13.3. The third-order valence-corrected chi connectivity index (χ3v) is 4.83. The smallest absolute Gasteiger partial charge is 0.224 e. The van der Waals surface area contributed by atoms with Crippen molar-refractivity contribution in [3.63, 3.8) is 0 Å². The van der Waals surface area contributed by atoms with Crippen molar-refractivity contribution < 1.29 is 9.21 Å². The number of hydrogen-bond donors (Lipinski definition) is 2. The molecule has 0 bridgehead atoms. The molecule has 24 heavy (non-hydrogen) atoms. The number of nitrogens with two attached hydrogens (primary N) is 1. The quantitative estimate of drug-likeness (QED) is 0.736. The van der Waals surface area contributed by atoms with Crippen LogP contribution in [0.4, 0.5) is 5.69 Å². The molecular formula is C19H21ClN2O2. The molecule has 0 aliphatic heterocycles. The van der Waals surface area contributed by atoms with E-state index in [0.29, 0.717) is 12.3 Å². The summed E-state index contributed by atoms with van der Waals surface area (Å²) in [5.41, 5.74) is 8.47. The first-order chi connectivity index (χ1) is 11.2. The monoisotopic (exact) mass is 344 g/mol. The molecule has 1 saturated carbocycles. The molecule has 3 N–H and O–H groups in total. The van der Waals surface area contributed by atoms with Gasteiger partial charge in [-0.25, -0.2) is 0 Å². The highest BCUT2D eigenvalue weighted by Crippen LogP contribution is 2.31. The molecule has 4 nitrogen and oxygen atoms in total. The molecule has 2 atom stereocenters. The summed E-state index contributed by atoms with van der Waals surface area (Å²) in [5, 5.41) is 5.13. The number of benzene rings is 2. The summed E-state index contributed by atoms with van der Waals surface area (Å²) in [4.78, 5) is 12.2. The van der Waals surface area contributed by atoms with Crippen LogP contribution < -0.4 is 11.1 Å². The maximum Gasteiger partial charge on any atom is 0.224 e. The van der Waals surface area contributed by atoms with Crippen LogP contribution in [0.15, 0.2) is 46.9 Å². The van der Waals surface area contributed by atoms with Crippen molar-refractivity contribution in [2.75, 3.05) is 5.32 Å². The number of rotatable bonds is 3. The Kier molecular flexibility index (Phi) is 4.78. The molecule has 0 saturated heterocycles. The molecule has 1 amide bonds. The number of carbonyl (C=O) groups is 1. The van der Waals surface area contributed by atoms with Crippen LogP contribution in [-0.2, 0) is 4.79 Å². The zero-order chi connectivity index (χ0) is 15.8. The predicted octanol–water partition coefficient (Wildman–Crippen LogP) is 4.46. The molecule has 5 heteroatoms. The highest BCUT2D eigenvalue weighted by atomic mass is 35.5. The first-order valence-electron chi connectivity index (χ1n) is 8.17. The van der Waals surface area contributed by atoms with Crippen LogP contribution in [-0.4, -0.2) is 11.9 Å². The van der Waals surface area contributed by atoms with E-state index in [1.165, 1.54) is 0 Å². The van der Waals surface area contributed by atoms with E-state index >= 15 is 0 Å². The fraction of sp³-hybridized carbons (Fsp3) is 0.316. The number of para-hydroxylation sites is 1. The van der Waals surface area contributed by atoms with Gasteiger partial charge in [-0.15, -0.1) is 12.4 Å². The van der Waals surface area contributed by atoms with Gasteiger partial charge in [-0.1, -0.05) is 24.6 Å². The molecule has 4 rings (SSSR count). The second-order valence-electron chi connectivity index (χ2n) is 6.42. The fourth-order valence-electron chi connectivity index (χ4n) is 3.57. The van der Waals surface area contributed by atoms with Gasteiger partial charge in [0.15, 0.2) is 0 Å². The first-order valence-corrected chi connectivity index (χ1v) is 8.17. The van der Waals surface area contributed by atoms with Crippen LogP contribution in [0.2, 0.25) is 0 Å². The first kappa shape index (κ1) is 16.8. The Labute approximate surface area is 146 Å². The minimum absolute atomic E-state index is 0. The Morgan fingerprint density at radius 3 is 2.71 bits per heavy atom. The number of amides is 1. The summed E-state index contributed by atoms with van der Waals surface area (Å²) in [6.45, 7) is 0. The van der Waals surface area contributed by atoms with Gasteiger partial charge in [0, 0.05) is 35.0 Å². The van der Waals surface area contributed by atoms with E-state index in [-0.39, 0.29) is 24.4 Å². The average Bonchev–Trinajstić information content (AvgIpc) is 3.10. The van der Waals surface area contributed by atoms with Crippen molar-refractivity contribution in [1.29, 1.82) is 0 Å². The van der Waals surface area contributed by atoms with E-state index in [4.69, 9.17) is 10.2 Å². The number of hydrogen-bond acceptors (Lipinski definition) is 3. The van der Waals surface area contributed by atoms with Crippen LogP contribution in [0.3, 0.4) is 0 Å². The van der Waals surface area contributed by atoms with Crippen molar-refractivity contribution in [1.82, 2.24) is 0 Å². The number of carbonyl (C=O) groups excluding carboxylic acids is 1. The van der Waals surface area contributed by atoms with Gasteiger partial charge < -0.3 is 15.5 Å². The molecule has 1 heterocycles. The van der Waals surface area contributed by atoms with E-state index in [9.17, 15) is 4.79 Å². The van der Waals surface area contributed by atoms with Crippen LogP contribution in [0.5, 0.6) is 0 Å². The van der Waals surface area contributed by atoms with E-state index in [1.807, 2.05) is 42.5 Å². The summed E-state index contributed by atoms with van der Waals surface area (Å²) in [6, 6.07) is 13.9. The molecule has 1 aromatic heterocycles. The summed E-state index contributed by atoms with van der Waals surface area (Å²) >= 11 is 0. The molecule has 0 radical (unpaired) electrons. The molecular weight excluding hydrogens is 324 g/mol. The Morgan fingerprint density at radius 1 is 1.12 bits per heavy atom. The highest BCUT2D eigenvalue weighted by Gasteiger charge is 2.26. The van der Waals surface area contributed by atoms with Gasteiger partial charge in [-0.05, 0) is 37.0 Å². The van der Waals surface area contributed by atoms with Gasteiger partial charge in [0.2, 0.25) is 5.91 Å². The Morgan fingerprint density at radius 2 is 1.92 bits per heavy atom. The van der Waals surface area contributed by atoms with Gasteiger partial charge in [0.25, 0.3) is 0 Å². The largest absolute Gasteiger partial charge is 0.456 e. The number of fused-ring (bicyclic) bond motifs is 3. The van der Waals surface area contributed by atoms with Crippen LogP contribution in [0.25, 0.3) is 21.9 Å². The van der Waals surface area contributed by atoms with Gasteiger partial charge in [-0.3, -0.25) is 4.79 Å². The van der Waals surface area contributed by atoms with E-state index < -0.39 is 0 Å². The molecule has 1 aliphatic carbocycles. The van der Waals surface area contributed by atoms with Crippen molar-refractivity contribution in [3.8, 4) is 0 Å². The zero-order valence-corrected chi connectivity index (χ0v) is 14.1. The average molecular weight is 345 g/mol. The molecule has 3 aromatic rings. The van der Waals surface area contributed by atoms with Crippen LogP contribution in [0.1, 0.15) is 25.7 Å². The van der Waals surface area contributed by atoms with Gasteiger partial charge >= 0.3 is 0 Å². The Hall–Kier alpha value is -2.04. The Bertz CT molecular complexity index is 874. The summed E-state index contributed by atoms with van der Waals surface area (Å²) in [6.07, 6.45) is 3.71. The third kappa shape index (κ3) is 3.12. The number of furan rings is 1. The van der Waals surface area contributed by atoms with Gasteiger partial charge in [-0.2, -0.15) is 0 Å². The molecule has 2 aromatic carbocycles. The van der Waals surface area contributed by atoms with E-state index in [2.05, 4.69) is 5.32 Å². The fourth-order valence-corrected chi connectivity index (χ4v) is 3.57. The normalized spacial score (nSPS) is 20.2. The van der Waals surface area contributed by atoms with E-state index in [0.717, 1.165) is 46.9 Å². The summed E-state index contributed by atoms with van der Waals surface area (Å²) < 4.78 is 5.85. The molecule has 0 spiro atoms. The summed E-state index contributed by atoms with van der Waals surface area (Å²) in [5.74, 6) is 0.341. The lowest BCUT2D eigenvalue weighted by Crippen LogP contribution is -2.28. The van der Waals surface area contributed by atoms with Gasteiger partial charge in [0.1, 0.15) is 11.2 Å². The molecule has 0 unspecified atom stereocenters. The number of nitrogens with one attached hydrogen (secondary N) is 1.